The number of carbonyl (C=O) groups is 1. The van der Waals surface area contributed by atoms with Crippen LogP contribution in [0.25, 0.3) is 0 Å². The Bertz CT molecular complexity index is 878. The first kappa shape index (κ1) is 21.3. The van der Waals surface area contributed by atoms with E-state index in [4.69, 9.17) is 4.74 Å². The van der Waals surface area contributed by atoms with Crippen LogP contribution in [0.1, 0.15) is 40.0 Å². The first-order valence-corrected chi connectivity index (χ1v) is 11.6. The number of likely N-dealkylation sites (tertiary alicyclic amines) is 1. The summed E-state index contributed by atoms with van der Waals surface area (Å²) in [5, 5.41) is 0. The minimum atomic E-state index is -0.432. The van der Waals surface area contributed by atoms with Gasteiger partial charge in [-0.1, -0.05) is 36.0 Å². The maximum atomic E-state index is 12.5. The van der Waals surface area contributed by atoms with Crippen molar-refractivity contribution in [3.63, 3.8) is 0 Å². The molecular formula is C25H32N2O2S. The SMILES string of the molecule is CN1CC[C@@](CCC(=O)OC(C)(C)C)(CN2c3ccccc3Sc3ccccc32)C1. The average Bonchev–Trinajstić information content (AvgIpc) is 3.06. The Labute approximate surface area is 184 Å². The Morgan fingerprint density at radius 2 is 1.67 bits per heavy atom. The summed E-state index contributed by atoms with van der Waals surface area (Å²) in [6, 6.07) is 17.3. The standard InChI is InChI=1S/C25H32N2O2S/c1-24(2,3)29-23(28)13-14-25(15-16-26(4)17-25)18-27-19-9-5-7-11-21(19)30-22-12-8-6-10-20(22)27/h5-12H,13-18H2,1-4H3/t25-/m1/s1. The molecule has 0 N–H and O–H groups in total. The Balaban J connectivity index is 1.60. The first-order chi connectivity index (χ1) is 14.2. The van der Waals surface area contributed by atoms with Crippen LogP contribution in [0.2, 0.25) is 0 Å². The van der Waals surface area contributed by atoms with Crippen molar-refractivity contribution in [1.82, 2.24) is 4.90 Å². The van der Waals surface area contributed by atoms with Crippen LogP contribution in [0.3, 0.4) is 0 Å². The molecule has 4 rings (SSSR count). The lowest BCUT2D eigenvalue weighted by molar-refractivity contribution is -0.155. The zero-order chi connectivity index (χ0) is 21.4. The molecule has 5 heteroatoms. The number of rotatable bonds is 5. The van der Waals surface area contributed by atoms with Gasteiger partial charge < -0.3 is 14.5 Å². The number of nitrogens with zero attached hydrogens (tertiary/aromatic N) is 2. The Morgan fingerprint density at radius 3 is 2.20 bits per heavy atom. The molecule has 2 heterocycles. The highest BCUT2D eigenvalue weighted by Gasteiger charge is 2.40. The zero-order valence-electron chi connectivity index (χ0n) is 18.5. The third-order valence-corrected chi connectivity index (χ3v) is 7.06. The van der Waals surface area contributed by atoms with E-state index >= 15 is 0 Å². The predicted octanol–water partition coefficient (Wildman–Crippen LogP) is 5.73. The summed E-state index contributed by atoms with van der Waals surface area (Å²) < 4.78 is 5.60. The van der Waals surface area contributed by atoms with Gasteiger partial charge >= 0.3 is 5.97 Å². The number of esters is 1. The molecule has 0 aliphatic carbocycles. The van der Waals surface area contributed by atoms with Crippen LogP contribution in [-0.2, 0) is 9.53 Å². The maximum Gasteiger partial charge on any atom is 0.306 e. The van der Waals surface area contributed by atoms with Gasteiger partial charge in [0.1, 0.15) is 5.60 Å². The van der Waals surface area contributed by atoms with Crippen molar-refractivity contribution < 1.29 is 9.53 Å². The third kappa shape index (κ3) is 4.68. The van der Waals surface area contributed by atoms with Crippen molar-refractivity contribution in [2.24, 2.45) is 5.41 Å². The minimum Gasteiger partial charge on any atom is -0.460 e. The largest absolute Gasteiger partial charge is 0.460 e. The van der Waals surface area contributed by atoms with E-state index in [1.165, 1.54) is 21.2 Å². The average molecular weight is 425 g/mol. The minimum absolute atomic E-state index is 0.0634. The second kappa shape index (κ2) is 8.27. The number of benzene rings is 2. The molecule has 160 valence electrons. The molecule has 0 bridgehead atoms. The van der Waals surface area contributed by atoms with Gasteiger partial charge in [-0.15, -0.1) is 0 Å². The van der Waals surface area contributed by atoms with Gasteiger partial charge in [-0.3, -0.25) is 4.79 Å². The van der Waals surface area contributed by atoms with E-state index in [-0.39, 0.29) is 11.4 Å². The molecule has 4 nitrogen and oxygen atoms in total. The smallest absolute Gasteiger partial charge is 0.306 e. The number of anilines is 2. The molecular weight excluding hydrogens is 392 g/mol. The number of para-hydroxylation sites is 2. The zero-order valence-corrected chi connectivity index (χ0v) is 19.3. The molecule has 1 atom stereocenters. The molecule has 0 spiro atoms. The molecule has 1 fully saturated rings. The molecule has 2 aromatic carbocycles. The molecule has 0 unspecified atom stereocenters. The van der Waals surface area contributed by atoms with Crippen molar-refractivity contribution in [2.75, 3.05) is 31.6 Å². The van der Waals surface area contributed by atoms with E-state index in [0.717, 1.165) is 32.5 Å². The first-order valence-electron chi connectivity index (χ1n) is 10.8. The summed E-state index contributed by atoms with van der Waals surface area (Å²) in [7, 11) is 2.18. The monoisotopic (exact) mass is 424 g/mol. The summed E-state index contributed by atoms with van der Waals surface area (Å²) in [6.07, 6.45) is 2.41. The van der Waals surface area contributed by atoms with Crippen molar-refractivity contribution in [3.8, 4) is 0 Å². The van der Waals surface area contributed by atoms with Crippen LogP contribution in [0.5, 0.6) is 0 Å². The van der Waals surface area contributed by atoms with Crippen molar-refractivity contribution >= 4 is 29.1 Å². The van der Waals surface area contributed by atoms with E-state index in [0.29, 0.717) is 6.42 Å². The molecule has 30 heavy (non-hydrogen) atoms. The van der Waals surface area contributed by atoms with Gasteiger partial charge in [0.2, 0.25) is 0 Å². The lowest BCUT2D eigenvalue weighted by atomic mass is 9.81. The van der Waals surface area contributed by atoms with E-state index in [2.05, 4.69) is 65.4 Å². The number of fused-ring (bicyclic) bond motifs is 2. The van der Waals surface area contributed by atoms with Gasteiger partial charge in [-0.05, 0) is 71.5 Å². The molecule has 2 aliphatic rings. The van der Waals surface area contributed by atoms with Crippen LogP contribution < -0.4 is 4.90 Å². The van der Waals surface area contributed by atoms with Crippen LogP contribution in [0, 0.1) is 5.41 Å². The van der Waals surface area contributed by atoms with Crippen molar-refractivity contribution in [3.05, 3.63) is 48.5 Å². The summed E-state index contributed by atoms with van der Waals surface area (Å²) in [5.74, 6) is -0.0913. The van der Waals surface area contributed by atoms with E-state index in [1.807, 2.05) is 32.5 Å². The number of hydrogen-bond donors (Lipinski definition) is 0. The van der Waals surface area contributed by atoms with E-state index in [9.17, 15) is 4.79 Å². The normalized spacial score (nSPS) is 21.3. The number of hydrogen-bond acceptors (Lipinski definition) is 5. The number of ether oxygens (including phenoxy) is 1. The fraction of sp³-hybridized carbons (Fsp3) is 0.480. The lowest BCUT2D eigenvalue weighted by Crippen LogP contribution is -2.39. The summed E-state index contributed by atoms with van der Waals surface area (Å²) in [5.41, 5.74) is 2.17. The van der Waals surface area contributed by atoms with Crippen molar-refractivity contribution in [2.45, 2.75) is 55.4 Å². The van der Waals surface area contributed by atoms with E-state index < -0.39 is 5.60 Å². The fourth-order valence-electron chi connectivity index (χ4n) is 4.62. The van der Waals surface area contributed by atoms with Crippen LogP contribution in [0.15, 0.2) is 58.3 Å². The third-order valence-electron chi connectivity index (χ3n) is 5.93. The fourth-order valence-corrected chi connectivity index (χ4v) is 5.71. The molecule has 2 aromatic rings. The highest BCUT2D eigenvalue weighted by molar-refractivity contribution is 7.99. The van der Waals surface area contributed by atoms with Gasteiger partial charge in [0.15, 0.2) is 0 Å². The van der Waals surface area contributed by atoms with Gasteiger partial charge in [-0.25, -0.2) is 0 Å². The molecule has 0 radical (unpaired) electrons. The second-order valence-electron chi connectivity index (χ2n) is 9.70. The molecule has 0 aromatic heterocycles. The van der Waals surface area contributed by atoms with Crippen molar-refractivity contribution in [1.29, 1.82) is 0 Å². The maximum absolute atomic E-state index is 12.5. The second-order valence-corrected chi connectivity index (χ2v) is 10.8. The van der Waals surface area contributed by atoms with E-state index in [1.54, 1.807) is 0 Å². The van der Waals surface area contributed by atoms with Gasteiger partial charge in [0.25, 0.3) is 0 Å². The van der Waals surface area contributed by atoms with Gasteiger partial charge in [0, 0.05) is 34.7 Å². The van der Waals surface area contributed by atoms with Gasteiger partial charge in [-0.2, -0.15) is 0 Å². The van der Waals surface area contributed by atoms with Crippen LogP contribution >= 0.6 is 11.8 Å². The molecule has 0 amide bonds. The lowest BCUT2D eigenvalue weighted by Gasteiger charge is -2.40. The summed E-state index contributed by atoms with van der Waals surface area (Å²) in [4.78, 5) is 19.9. The highest BCUT2D eigenvalue weighted by Crippen LogP contribution is 2.50. The Kier molecular flexibility index (Phi) is 5.86. The Morgan fingerprint density at radius 1 is 1.07 bits per heavy atom. The topological polar surface area (TPSA) is 32.8 Å². The van der Waals surface area contributed by atoms with Gasteiger partial charge in [0.05, 0.1) is 11.4 Å². The molecule has 0 saturated carbocycles. The predicted molar refractivity (Wildman–Crippen MR) is 124 cm³/mol. The summed E-state index contributed by atoms with van der Waals surface area (Å²) in [6.45, 7) is 8.79. The highest BCUT2D eigenvalue weighted by atomic mass is 32.2. The summed E-state index contributed by atoms with van der Waals surface area (Å²) >= 11 is 1.84. The number of carbonyl (C=O) groups excluding carboxylic acids is 1. The van der Waals surface area contributed by atoms with Crippen LogP contribution in [0.4, 0.5) is 11.4 Å². The Hall–Kier alpha value is -1.98. The molecule has 1 saturated heterocycles. The van der Waals surface area contributed by atoms with Crippen LogP contribution in [-0.4, -0.2) is 43.2 Å². The quantitative estimate of drug-likeness (QED) is 0.572. The molecule has 2 aliphatic heterocycles.